The largest absolute Gasteiger partial charge is 0.508 e. The second kappa shape index (κ2) is 20.1. The van der Waals surface area contributed by atoms with Gasteiger partial charge in [-0.1, -0.05) is 135 Å². The fourth-order valence-corrected chi connectivity index (χ4v) is 4.59. The summed E-state index contributed by atoms with van der Waals surface area (Å²) in [6.45, 7) is 2.28. The first-order valence-electron chi connectivity index (χ1n) is 13.7. The predicted octanol–water partition coefficient (Wildman–Crippen LogP) is 9.45. The van der Waals surface area contributed by atoms with E-state index < -0.39 is 5.97 Å². The van der Waals surface area contributed by atoms with Crippen LogP contribution in [0.5, 0.6) is 5.75 Å². The van der Waals surface area contributed by atoms with E-state index in [-0.39, 0.29) is 11.3 Å². The number of unbranched alkanes of at least 4 members (excludes halogenated alkanes) is 19. The first-order chi connectivity index (χ1) is 15.7. The summed E-state index contributed by atoms with van der Waals surface area (Å²) < 4.78 is 0. The molecule has 2 N–H and O–H groups in total. The van der Waals surface area contributed by atoms with E-state index in [9.17, 15) is 15.0 Å². The molecule has 184 valence electrons. The van der Waals surface area contributed by atoms with E-state index >= 15 is 0 Å². The molecule has 0 bridgehead atoms. The summed E-state index contributed by atoms with van der Waals surface area (Å²) in [5, 5.41) is 19.2. The van der Waals surface area contributed by atoms with Gasteiger partial charge >= 0.3 is 5.97 Å². The maximum atomic E-state index is 11.3. The quantitative estimate of drug-likeness (QED) is 0.174. The number of aromatic hydroxyl groups is 1. The molecule has 0 fully saturated rings. The number of carboxylic acid groups (broad SMARTS) is 1. The lowest BCUT2D eigenvalue weighted by Crippen LogP contribution is -2.02. The third-order valence-electron chi connectivity index (χ3n) is 6.66. The second-order valence-corrected chi connectivity index (χ2v) is 9.58. The van der Waals surface area contributed by atoms with Crippen molar-refractivity contribution in [2.24, 2.45) is 0 Å². The zero-order valence-corrected chi connectivity index (χ0v) is 20.9. The smallest absolute Gasteiger partial charge is 0.336 e. The van der Waals surface area contributed by atoms with Gasteiger partial charge in [-0.05, 0) is 25.0 Å². The Kier molecular flexibility index (Phi) is 17.9. The molecule has 0 aliphatic carbocycles. The molecule has 1 aromatic carbocycles. The Balaban J connectivity index is 1.83. The number of rotatable bonds is 22. The summed E-state index contributed by atoms with van der Waals surface area (Å²) in [5.41, 5.74) is 0.824. The molecule has 3 heteroatoms. The van der Waals surface area contributed by atoms with Crippen LogP contribution in [-0.2, 0) is 6.42 Å². The molecular formula is C29H50O3. The monoisotopic (exact) mass is 446 g/mol. The van der Waals surface area contributed by atoms with Gasteiger partial charge in [0, 0.05) is 5.56 Å². The first kappa shape index (κ1) is 28.5. The van der Waals surface area contributed by atoms with E-state index in [2.05, 4.69) is 6.92 Å². The summed E-state index contributed by atoms with van der Waals surface area (Å²) in [4.78, 5) is 11.3. The molecule has 1 rings (SSSR count). The molecule has 32 heavy (non-hydrogen) atoms. The van der Waals surface area contributed by atoms with Crippen molar-refractivity contribution < 1.29 is 15.0 Å². The SMILES string of the molecule is CCCCCCCCCCCCCCCCCCCCCCc1c(O)cccc1C(=O)O. The van der Waals surface area contributed by atoms with E-state index in [1.807, 2.05) is 0 Å². The van der Waals surface area contributed by atoms with Crippen molar-refractivity contribution in [3.63, 3.8) is 0 Å². The standard InChI is InChI=1S/C29H50O3/c1-2-3-4-5-6-7-8-9-10-11-12-13-14-15-16-17-18-19-20-21-23-26-27(29(31)32)24-22-25-28(26)30/h22,24-25,30H,2-21,23H2,1H3,(H,31,32). The van der Waals surface area contributed by atoms with Crippen LogP contribution < -0.4 is 0 Å². The van der Waals surface area contributed by atoms with Gasteiger partial charge in [0.25, 0.3) is 0 Å². The number of phenolic OH excluding ortho intramolecular Hbond substituents is 1. The molecule has 0 unspecified atom stereocenters. The number of phenols is 1. The van der Waals surface area contributed by atoms with Crippen molar-refractivity contribution in [2.75, 3.05) is 0 Å². The maximum Gasteiger partial charge on any atom is 0.336 e. The highest BCUT2D eigenvalue weighted by atomic mass is 16.4. The van der Waals surface area contributed by atoms with Crippen molar-refractivity contribution in [2.45, 2.75) is 142 Å². The Hall–Kier alpha value is -1.51. The summed E-state index contributed by atoms with van der Waals surface area (Å²) in [6, 6.07) is 4.76. The summed E-state index contributed by atoms with van der Waals surface area (Å²) in [6.07, 6.45) is 27.7. The molecule has 0 atom stereocenters. The third-order valence-corrected chi connectivity index (χ3v) is 6.66. The van der Waals surface area contributed by atoms with Crippen LogP contribution in [0.25, 0.3) is 0 Å². The molecule has 0 aliphatic heterocycles. The number of benzene rings is 1. The van der Waals surface area contributed by atoms with Crippen molar-refractivity contribution >= 4 is 5.97 Å². The lowest BCUT2D eigenvalue weighted by atomic mass is 9.99. The summed E-state index contributed by atoms with van der Waals surface area (Å²) >= 11 is 0. The van der Waals surface area contributed by atoms with Crippen LogP contribution in [0.15, 0.2) is 18.2 Å². The van der Waals surface area contributed by atoms with Crippen molar-refractivity contribution in [1.29, 1.82) is 0 Å². The zero-order chi connectivity index (χ0) is 23.3. The van der Waals surface area contributed by atoms with Gasteiger partial charge < -0.3 is 10.2 Å². The normalized spacial score (nSPS) is 11.2. The van der Waals surface area contributed by atoms with Crippen LogP contribution in [0.1, 0.15) is 151 Å². The number of hydrogen-bond donors (Lipinski definition) is 2. The molecule has 0 saturated carbocycles. The van der Waals surface area contributed by atoms with E-state index in [0.29, 0.717) is 12.0 Å². The molecule has 0 amide bonds. The predicted molar refractivity (Wildman–Crippen MR) is 137 cm³/mol. The van der Waals surface area contributed by atoms with Gasteiger partial charge in [-0.3, -0.25) is 0 Å². The van der Waals surface area contributed by atoms with Crippen molar-refractivity contribution in [3.05, 3.63) is 29.3 Å². The van der Waals surface area contributed by atoms with E-state index in [0.717, 1.165) is 12.8 Å². The lowest BCUT2D eigenvalue weighted by Gasteiger charge is -2.08. The van der Waals surface area contributed by atoms with Crippen molar-refractivity contribution in [1.82, 2.24) is 0 Å². The Labute approximate surface area is 198 Å². The minimum atomic E-state index is -0.955. The molecule has 0 aliphatic rings. The first-order valence-corrected chi connectivity index (χ1v) is 13.7. The van der Waals surface area contributed by atoms with Crippen LogP contribution in [0.4, 0.5) is 0 Å². The van der Waals surface area contributed by atoms with Gasteiger partial charge in [-0.15, -0.1) is 0 Å². The van der Waals surface area contributed by atoms with Gasteiger partial charge in [0.2, 0.25) is 0 Å². The highest BCUT2D eigenvalue weighted by Crippen LogP contribution is 2.24. The molecule has 0 spiro atoms. The van der Waals surface area contributed by atoms with E-state index in [4.69, 9.17) is 0 Å². The topological polar surface area (TPSA) is 57.5 Å². The van der Waals surface area contributed by atoms with Crippen LogP contribution in [0.2, 0.25) is 0 Å². The van der Waals surface area contributed by atoms with Gasteiger partial charge in [-0.2, -0.15) is 0 Å². The summed E-state index contributed by atoms with van der Waals surface area (Å²) in [5.74, 6) is -0.841. The van der Waals surface area contributed by atoms with E-state index in [1.165, 1.54) is 116 Å². The number of hydrogen-bond acceptors (Lipinski definition) is 2. The highest BCUT2D eigenvalue weighted by molar-refractivity contribution is 5.90. The third kappa shape index (κ3) is 14.5. The number of aromatic carboxylic acids is 1. The second-order valence-electron chi connectivity index (χ2n) is 9.58. The van der Waals surface area contributed by atoms with Crippen LogP contribution in [0, 0.1) is 0 Å². The molecular weight excluding hydrogens is 396 g/mol. The zero-order valence-electron chi connectivity index (χ0n) is 20.9. The maximum absolute atomic E-state index is 11.3. The average molecular weight is 447 g/mol. The van der Waals surface area contributed by atoms with E-state index in [1.54, 1.807) is 18.2 Å². The molecule has 0 radical (unpaired) electrons. The Morgan fingerprint density at radius 1 is 0.625 bits per heavy atom. The fraction of sp³-hybridized carbons (Fsp3) is 0.759. The minimum absolute atomic E-state index is 0.114. The molecule has 3 nitrogen and oxygen atoms in total. The van der Waals surface area contributed by atoms with Gasteiger partial charge in [0.15, 0.2) is 0 Å². The number of carboxylic acids is 1. The molecule has 1 aromatic rings. The van der Waals surface area contributed by atoms with Crippen LogP contribution >= 0.6 is 0 Å². The number of carbonyl (C=O) groups is 1. The Bertz CT molecular complexity index is 582. The Morgan fingerprint density at radius 3 is 1.38 bits per heavy atom. The molecule has 0 heterocycles. The Morgan fingerprint density at radius 2 is 1.00 bits per heavy atom. The highest BCUT2D eigenvalue weighted by Gasteiger charge is 2.12. The molecule has 0 aromatic heterocycles. The van der Waals surface area contributed by atoms with Crippen LogP contribution in [0.3, 0.4) is 0 Å². The van der Waals surface area contributed by atoms with Gasteiger partial charge in [-0.25, -0.2) is 4.79 Å². The van der Waals surface area contributed by atoms with Gasteiger partial charge in [0.1, 0.15) is 5.75 Å². The fourth-order valence-electron chi connectivity index (χ4n) is 4.59. The summed E-state index contributed by atoms with van der Waals surface area (Å²) in [7, 11) is 0. The van der Waals surface area contributed by atoms with Gasteiger partial charge in [0.05, 0.1) is 5.56 Å². The van der Waals surface area contributed by atoms with Crippen LogP contribution in [-0.4, -0.2) is 16.2 Å². The average Bonchev–Trinajstić information content (AvgIpc) is 2.78. The lowest BCUT2D eigenvalue weighted by molar-refractivity contribution is 0.0695. The van der Waals surface area contributed by atoms with Crippen molar-refractivity contribution in [3.8, 4) is 5.75 Å². The minimum Gasteiger partial charge on any atom is -0.508 e. The molecule has 0 saturated heterocycles.